The van der Waals surface area contributed by atoms with Crippen LogP contribution in [0.15, 0.2) is 54.9 Å². The van der Waals surface area contributed by atoms with E-state index in [4.69, 9.17) is 39.5 Å². The number of nitrogens with one attached hydrogen (secondary N) is 1. The van der Waals surface area contributed by atoms with Gasteiger partial charge in [0.2, 0.25) is 0 Å². The number of nitrogens with zero attached hydrogens (tertiary/aromatic N) is 2. The lowest BCUT2D eigenvalue weighted by Gasteiger charge is -2.11. The first-order valence-corrected chi connectivity index (χ1v) is 11.3. The molecule has 0 aliphatic heterocycles. The molecule has 5 nitrogen and oxygen atoms in total. The van der Waals surface area contributed by atoms with Gasteiger partial charge in [-0.2, -0.15) is 5.10 Å². The van der Waals surface area contributed by atoms with E-state index in [-0.39, 0.29) is 39.7 Å². The van der Waals surface area contributed by atoms with Crippen LogP contribution in [0.1, 0.15) is 21.5 Å². The third-order valence-electron chi connectivity index (χ3n) is 4.96. The molecule has 0 aliphatic carbocycles. The van der Waals surface area contributed by atoms with Gasteiger partial charge in [0.1, 0.15) is 12.4 Å². The number of rotatable bonds is 7. The molecule has 0 radical (unpaired) electrons. The van der Waals surface area contributed by atoms with E-state index in [0.717, 1.165) is 4.68 Å². The zero-order valence-corrected chi connectivity index (χ0v) is 20.2. The first kappa shape index (κ1) is 25.8. The Morgan fingerprint density at radius 1 is 0.972 bits per heavy atom. The average Bonchev–Trinajstić information content (AvgIpc) is 3.26. The van der Waals surface area contributed by atoms with Crippen molar-refractivity contribution in [2.24, 2.45) is 0 Å². The molecule has 0 atom stereocenters. The molecule has 0 saturated heterocycles. The summed E-state index contributed by atoms with van der Waals surface area (Å²) in [5.74, 6) is -6.56. The Kier molecular flexibility index (Phi) is 7.73. The van der Waals surface area contributed by atoms with Crippen LogP contribution in [0.4, 0.5) is 23.2 Å². The molecule has 0 aliphatic rings. The predicted molar refractivity (Wildman–Crippen MR) is 128 cm³/mol. The molecule has 0 saturated carbocycles. The van der Waals surface area contributed by atoms with Crippen LogP contribution in [0.2, 0.25) is 15.1 Å². The molecule has 1 heterocycles. The first-order valence-electron chi connectivity index (χ1n) is 10.1. The van der Waals surface area contributed by atoms with Crippen LogP contribution in [0.25, 0.3) is 0 Å². The topological polar surface area (TPSA) is 56.2 Å². The Balaban J connectivity index is 1.43. The molecule has 12 heteroatoms. The van der Waals surface area contributed by atoms with Gasteiger partial charge in [-0.15, -0.1) is 0 Å². The molecule has 0 spiro atoms. The molecule has 1 aromatic heterocycles. The standard InChI is InChI=1S/C24H14Cl3F4N3O2/c25-14-5-17(26)23(18(27)6-14)36-11-12-2-1-3-13(4-12)24(35)33-15-8-32-34(9-15)10-16-19(28)7-20(29)22(31)21(16)30/h1-9H,10-11H2,(H,33,35). The van der Waals surface area contributed by atoms with Crippen LogP contribution in [-0.4, -0.2) is 15.7 Å². The van der Waals surface area contributed by atoms with E-state index >= 15 is 0 Å². The van der Waals surface area contributed by atoms with Gasteiger partial charge in [0.15, 0.2) is 23.2 Å². The number of anilines is 1. The van der Waals surface area contributed by atoms with Gasteiger partial charge in [0.25, 0.3) is 5.91 Å². The quantitative estimate of drug-likeness (QED) is 0.147. The van der Waals surface area contributed by atoms with E-state index in [1.54, 1.807) is 24.3 Å². The third-order valence-corrected chi connectivity index (χ3v) is 5.74. The minimum atomic E-state index is -1.78. The highest BCUT2D eigenvalue weighted by Crippen LogP contribution is 2.36. The minimum Gasteiger partial charge on any atom is -0.486 e. The fourth-order valence-electron chi connectivity index (χ4n) is 3.25. The molecule has 1 N–H and O–H groups in total. The zero-order chi connectivity index (χ0) is 26.0. The van der Waals surface area contributed by atoms with Gasteiger partial charge in [-0.1, -0.05) is 46.9 Å². The van der Waals surface area contributed by atoms with E-state index in [0.29, 0.717) is 10.6 Å². The number of amides is 1. The summed E-state index contributed by atoms with van der Waals surface area (Å²) < 4.78 is 61.1. The lowest BCUT2D eigenvalue weighted by Crippen LogP contribution is -2.12. The van der Waals surface area contributed by atoms with Crippen molar-refractivity contribution < 1.29 is 27.1 Å². The first-order chi connectivity index (χ1) is 17.1. The van der Waals surface area contributed by atoms with Crippen molar-refractivity contribution in [3.63, 3.8) is 0 Å². The van der Waals surface area contributed by atoms with E-state index in [1.165, 1.54) is 24.5 Å². The summed E-state index contributed by atoms with van der Waals surface area (Å²) in [5.41, 5.74) is 0.438. The average molecular weight is 559 g/mol. The summed E-state index contributed by atoms with van der Waals surface area (Å²) in [6.45, 7) is -0.459. The largest absolute Gasteiger partial charge is 0.486 e. The fraction of sp³-hybridized carbons (Fsp3) is 0.0833. The summed E-state index contributed by atoms with van der Waals surface area (Å²) in [6.07, 6.45) is 2.53. The highest BCUT2D eigenvalue weighted by atomic mass is 35.5. The summed E-state index contributed by atoms with van der Waals surface area (Å²) in [5, 5.41) is 7.33. The number of benzene rings is 3. The highest BCUT2D eigenvalue weighted by Gasteiger charge is 2.20. The van der Waals surface area contributed by atoms with Crippen molar-refractivity contribution in [3.05, 3.63) is 110 Å². The molecule has 0 fully saturated rings. The number of aromatic nitrogens is 2. The maximum atomic E-state index is 13.9. The molecule has 186 valence electrons. The maximum Gasteiger partial charge on any atom is 0.255 e. The van der Waals surface area contributed by atoms with Crippen LogP contribution in [0.5, 0.6) is 5.75 Å². The molecule has 0 bridgehead atoms. The van der Waals surface area contributed by atoms with Gasteiger partial charge in [-0.05, 0) is 29.8 Å². The summed E-state index contributed by atoms with van der Waals surface area (Å²) >= 11 is 18.1. The van der Waals surface area contributed by atoms with Crippen molar-refractivity contribution in [1.29, 1.82) is 0 Å². The normalized spacial score (nSPS) is 11.0. The van der Waals surface area contributed by atoms with Gasteiger partial charge in [-0.3, -0.25) is 9.48 Å². The van der Waals surface area contributed by atoms with Crippen LogP contribution < -0.4 is 10.1 Å². The van der Waals surface area contributed by atoms with Crippen molar-refractivity contribution in [1.82, 2.24) is 9.78 Å². The maximum absolute atomic E-state index is 13.9. The second-order valence-electron chi connectivity index (χ2n) is 7.52. The van der Waals surface area contributed by atoms with Crippen LogP contribution >= 0.6 is 34.8 Å². The van der Waals surface area contributed by atoms with E-state index in [2.05, 4.69) is 10.4 Å². The van der Waals surface area contributed by atoms with E-state index in [9.17, 15) is 22.4 Å². The number of ether oxygens (including phenoxy) is 1. The number of carbonyl (C=O) groups is 1. The van der Waals surface area contributed by atoms with Crippen molar-refractivity contribution in [3.8, 4) is 5.75 Å². The lowest BCUT2D eigenvalue weighted by atomic mass is 10.1. The third kappa shape index (κ3) is 5.75. The molecule has 4 rings (SSSR count). The van der Waals surface area contributed by atoms with Gasteiger partial charge in [-0.25, -0.2) is 17.6 Å². The van der Waals surface area contributed by atoms with Crippen molar-refractivity contribution in [2.75, 3.05) is 5.32 Å². The van der Waals surface area contributed by atoms with Crippen LogP contribution in [0.3, 0.4) is 0 Å². The Hall–Kier alpha value is -3.27. The van der Waals surface area contributed by atoms with Crippen molar-refractivity contribution >= 4 is 46.4 Å². The molecular formula is C24H14Cl3F4N3O2. The Bertz CT molecular complexity index is 1440. The van der Waals surface area contributed by atoms with Gasteiger partial charge < -0.3 is 10.1 Å². The summed E-state index contributed by atoms with van der Waals surface area (Å²) in [7, 11) is 0. The van der Waals surface area contributed by atoms with Crippen LogP contribution in [0, 0.1) is 23.3 Å². The second kappa shape index (κ2) is 10.8. The van der Waals surface area contributed by atoms with E-state index < -0.39 is 41.3 Å². The molecule has 0 unspecified atom stereocenters. The van der Waals surface area contributed by atoms with E-state index in [1.807, 2.05) is 0 Å². The fourth-order valence-corrected chi connectivity index (χ4v) is 4.18. The molecule has 3 aromatic carbocycles. The summed E-state index contributed by atoms with van der Waals surface area (Å²) in [6, 6.07) is 9.77. The number of hydrogen-bond donors (Lipinski definition) is 1. The monoisotopic (exact) mass is 557 g/mol. The molecular weight excluding hydrogens is 545 g/mol. The minimum absolute atomic E-state index is 0.0610. The Morgan fingerprint density at radius 3 is 2.42 bits per heavy atom. The van der Waals surface area contributed by atoms with Gasteiger partial charge >= 0.3 is 0 Å². The highest BCUT2D eigenvalue weighted by molar-refractivity contribution is 6.40. The Morgan fingerprint density at radius 2 is 1.69 bits per heavy atom. The SMILES string of the molecule is O=C(Nc1cnn(Cc2c(F)cc(F)c(F)c2F)c1)c1cccc(COc2c(Cl)cc(Cl)cc2Cl)c1. The lowest BCUT2D eigenvalue weighted by molar-refractivity contribution is 0.102. The zero-order valence-electron chi connectivity index (χ0n) is 18.0. The van der Waals surface area contributed by atoms with Gasteiger partial charge in [0, 0.05) is 28.4 Å². The van der Waals surface area contributed by atoms with Crippen LogP contribution in [-0.2, 0) is 13.2 Å². The number of carbonyl (C=O) groups excluding carboxylic acids is 1. The molecule has 4 aromatic rings. The van der Waals surface area contributed by atoms with Gasteiger partial charge in [0.05, 0.1) is 28.5 Å². The molecule has 1 amide bonds. The Labute approximate surface area is 217 Å². The number of halogens is 7. The smallest absolute Gasteiger partial charge is 0.255 e. The molecule has 36 heavy (non-hydrogen) atoms. The van der Waals surface area contributed by atoms with Crippen molar-refractivity contribution in [2.45, 2.75) is 13.2 Å². The number of hydrogen-bond acceptors (Lipinski definition) is 3. The second-order valence-corrected chi connectivity index (χ2v) is 8.77. The summed E-state index contributed by atoms with van der Waals surface area (Å²) in [4.78, 5) is 12.7. The predicted octanol–water partition coefficient (Wildman–Crippen LogP) is 7.28.